The zero-order chi connectivity index (χ0) is 19.6. The van der Waals surface area contributed by atoms with E-state index in [4.69, 9.17) is 0 Å². The van der Waals surface area contributed by atoms with E-state index in [1.807, 2.05) is 36.4 Å². The Morgan fingerprint density at radius 1 is 0.963 bits per heavy atom. The van der Waals surface area contributed by atoms with Crippen molar-refractivity contribution in [2.45, 2.75) is 27.2 Å². The van der Waals surface area contributed by atoms with E-state index in [1.54, 1.807) is 0 Å². The van der Waals surface area contributed by atoms with Crippen molar-refractivity contribution in [1.82, 2.24) is 10.6 Å². The molecule has 0 saturated carbocycles. The van der Waals surface area contributed by atoms with Gasteiger partial charge in [0.2, 0.25) is 5.91 Å². The third-order valence-corrected chi connectivity index (χ3v) is 4.51. The minimum atomic E-state index is -0.0655. The van der Waals surface area contributed by atoms with E-state index in [-0.39, 0.29) is 11.8 Å². The molecule has 2 rings (SSSR count). The van der Waals surface area contributed by atoms with E-state index in [1.165, 1.54) is 18.2 Å². The van der Waals surface area contributed by atoms with Gasteiger partial charge in [-0.3, -0.25) is 9.59 Å². The number of aryl methyl sites for hydroxylation is 1. The van der Waals surface area contributed by atoms with Crippen molar-refractivity contribution < 1.29 is 9.59 Å². The van der Waals surface area contributed by atoms with Crippen molar-refractivity contribution in [3.63, 3.8) is 0 Å². The minimum absolute atomic E-state index is 0.0298. The molecule has 0 radical (unpaired) electrons. The normalized spacial score (nSPS) is 10.3. The summed E-state index contributed by atoms with van der Waals surface area (Å²) in [5, 5.41) is 5.76. The highest BCUT2D eigenvalue weighted by Crippen LogP contribution is 2.18. The van der Waals surface area contributed by atoms with Crippen LogP contribution in [0, 0.1) is 6.92 Å². The third kappa shape index (κ3) is 6.44. The first-order chi connectivity index (χ1) is 13.0. The van der Waals surface area contributed by atoms with Gasteiger partial charge in [0, 0.05) is 44.4 Å². The molecule has 0 aliphatic rings. The third-order valence-electron chi connectivity index (χ3n) is 4.51. The molecule has 5 heteroatoms. The van der Waals surface area contributed by atoms with Crippen molar-refractivity contribution in [3.8, 4) is 0 Å². The maximum Gasteiger partial charge on any atom is 0.251 e. The Labute approximate surface area is 161 Å². The van der Waals surface area contributed by atoms with Crippen LogP contribution in [0.4, 0.5) is 5.69 Å². The van der Waals surface area contributed by atoms with Gasteiger partial charge in [-0.1, -0.05) is 30.3 Å². The maximum atomic E-state index is 12.3. The Hall–Kier alpha value is -2.82. The van der Waals surface area contributed by atoms with Gasteiger partial charge >= 0.3 is 0 Å². The highest BCUT2D eigenvalue weighted by Gasteiger charge is 2.09. The molecule has 0 saturated heterocycles. The van der Waals surface area contributed by atoms with Gasteiger partial charge in [-0.05, 0) is 49.6 Å². The Morgan fingerprint density at radius 2 is 1.67 bits per heavy atom. The molecular formula is C22H29N3O2. The predicted molar refractivity (Wildman–Crippen MR) is 110 cm³/mol. The molecule has 2 aromatic carbocycles. The maximum absolute atomic E-state index is 12.3. The van der Waals surface area contributed by atoms with E-state index < -0.39 is 0 Å². The molecule has 0 bridgehead atoms. The van der Waals surface area contributed by atoms with Crippen LogP contribution in [-0.2, 0) is 11.2 Å². The number of benzene rings is 2. The number of carbonyl (C=O) groups excluding carboxylic acids is 2. The van der Waals surface area contributed by atoms with Gasteiger partial charge in [-0.2, -0.15) is 0 Å². The van der Waals surface area contributed by atoms with E-state index in [0.717, 1.165) is 25.1 Å². The fourth-order valence-corrected chi connectivity index (χ4v) is 2.98. The predicted octanol–water partition coefficient (Wildman–Crippen LogP) is 2.93. The topological polar surface area (TPSA) is 61.4 Å². The largest absolute Gasteiger partial charge is 0.370 e. The van der Waals surface area contributed by atoms with Crippen molar-refractivity contribution in [3.05, 3.63) is 65.2 Å². The lowest BCUT2D eigenvalue weighted by molar-refractivity contribution is -0.118. The van der Waals surface area contributed by atoms with E-state index in [0.29, 0.717) is 18.7 Å². The van der Waals surface area contributed by atoms with Crippen molar-refractivity contribution in [1.29, 1.82) is 0 Å². The monoisotopic (exact) mass is 367 g/mol. The number of para-hydroxylation sites is 1. The molecule has 0 spiro atoms. The summed E-state index contributed by atoms with van der Waals surface area (Å²) in [4.78, 5) is 25.5. The Balaban J connectivity index is 1.82. The van der Waals surface area contributed by atoms with Crippen LogP contribution in [0.5, 0.6) is 0 Å². The fourth-order valence-electron chi connectivity index (χ4n) is 2.98. The summed E-state index contributed by atoms with van der Waals surface area (Å²) >= 11 is 0. The number of carbonyl (C=O) groups is 2. The number of nitrogens with zero attached hydrogens (tertiary/aromatic N) is 1. The second kappa shape index (κ2) is 10.4. The van der Waals surface area contributed by atoms with Crippen LogP contribution >= 0.6 is 0 Å². The van der Waals surface area contributed by atoms with Gasteiger partial charge in [-0.25, -0.2) is 0 Å². The molecule has 0 unspecified atom stereocenters. The summed E-state index contributed by atoms with van der Waals surface area (Å²) in [7, 11) is 0. The average Bonchev–Trinajstić information content (AvgIpc) is 2.66. The molecule has 0 fully saturated rings. The molecule has 144 valence electrons. The molecule has 0 atom stereocenters. The summed E-state index contributed by atoms with van der Waals surface area (Å²) in [6.45, 7) is 8.58. The SMILES string of the molecule is CCN(CCNC(=O)c1ccc(CCNC(C)=O)cc1)c1ccccc1C. The highest BCUT2D eigenvalue weighted by molar-refractivity contribution is 5.94. The van der Waals surface area contributed by atoms with Gasteiger partial charge < -0.3 is 15.5 Å². The first-order valence-corrected chi connectivity index (χ1v) is 9.43. The van der Waals surface area contributed by atoms with E-state index in [9.17, 15) is 9.59 Å². The fraction of sp³-hybridized carbons (Fsp3) is 0.364. The van der Waals surface area contributed by atoms with Gasteiger partial charge in [-0.15, -0.1) is 0 Å². The summed E-state index contributed by atoms with van der Waals surface area (Å²) in [6.07, 6.45) is 0.753. The van der Waals surface area contributed by atoms with Crippen LogP contribution in [0.25, 0.3) is 0 Å². The van der Waals surface area contributed by atoms with Crippen LogP contribution in [0.1, 0.15) is 35.3 Å². The lowest BCUT2D eigenvalue weighted by Gasteiger charge is -2.25. The first kappa shape index (κ1) is 20.5. The number of amides is 2. The summed E-state index contributed by atoms with van der Waals surface area (Å²) < 4.78 is 0. The number of anilines is 1. The van der Waals surface area contributed by atoms with Gasteiger partial charge in [0.1, 0.15) is 0 Å². The number of hydrogen-bond acceptors (Lipinski definition) is 3. The molecule has 2 aromatic rings. The van der Waals surface area contributed by atoms with Crippen LogP contribution in [-0.4, -0.2) is 38.0 Å². The van der Waals surface area contributed by atoms with Crippen molar-refractivity contribution in [2.75, 3.05) is 31.1 Å². The van der Waals surface area contributed by atoms with Crippen LogP contribution in [0.2, 0.25) is 0 Å². The van der Waals surface area contributed by atoms with E-state index in [2.05, 4.69) is 41.5 Å². The average molecular weight is 367 g/mol. The van der Waals surface area contributed by atoms with Crippen LogP contribution < -0.4 is 15.5 Å². The molecule has 2 N–H and O–H groups in total. The molecule has 5 nitrogen and oxygen atoms in total. The Morgan fingerprint density at radius 3 is 2.30 bits per heavy atom. The van der Waals surface area contributed by atoms with Crippen LogP contribution in [0.3, 0.4) is 0 Å². The number of hydrogen-bond donors (Lipinski definition) is 2. The van der Waals surface area contributed by atoms with Gasteiger partial charge in [0.25, 0.3) is 5.91 Å². The number of nitrogens with one attached hydrogen (secondary N) is 2. The van der Waals surface area contributed by atoms with Gasteiger partial charge in [0.15, 0.2) is 0 Å². The van der Waals surface area contributed by atoms with E-state index >= 15 is 0 Å². The van der Waals surface area contributed by atoms with Crippen LogP contribution in [0.15, 0.2) is 48.5 Å². The lowest BCUT2D eigenvalue weighted by atomic mass is 10.1. The molecule has 0 aliphatic carbocycles. The molecule has 0 aromatic heterocycles. The smallest absolute Gasteiger partial charge is 0.251 e. The zero-order valence-corrected chi connectivity index (χ0v) is 16.4. The molecule has 2 amide bonds. The molecule has 0 aliphatic heterocycles. The summed E-state index contributed by atoms with van der Waals surface area (Å²) in [5.74, 6) is -0.0953. The molecule has 27 heavy (non-hydrogen) atoms. The molecule has 0 heterocycles. The summed E-state index contributed by atoms with van der Waals surface area (Å²) in [6, 6.07) is 15.8. The summed E-state index contributed by atoms with van der Waals surface area (Å²) in [5.41, 5.74) is 4.19. The standard InChI is InChI=1S/C22H29N3O2/c1-4-25(21-8-6-5-7-17(21)2)16-15-24-22(27)20-11-9-19(10-12-20)13-14-23-18(3)26/h5-12H,4,13-16H2,1-3H3,(H,23,26)(H,24,27). The second-order valence-corrected chi connectivity index (χ2v) is 6.55. The van der Waals surface area contributed by atoms with Crippen molar-refractivity contribution in [2.24, 2.45) is 0 Å². The van der Waals surface area contributed by atoms with Crippen molar-refractivity contribution >= 4 is 17.5 Å². The van der Waals surface area contributed by atoms with Gasteiger partial charge in [0.05, 0.1) is 0 Å². The Bertz CT molecular complexity index is 756. The zero-order valence-electron chi connectivity index (χ0n) is 16.4. The Kier molecular flexibility index (Phi) is 7.86. The quantitative estimate of drug-likeness (QED) is 0.716. The highest BCUT2D eigenvalue weighted by atomic mass is 16.2. The first-order valence-electron chi connectivity index (χ1n) is 9.43. The molecular weight excluding hydrogens is 338 g/mol. The number of rotatable bonds is 9. The minimum Gasteiger partial charge on any atom is -0.370 e. The lowest BCUT2D eigenvalue weighted by Crippen LogP contribution is -2.35. The number of likely N-dealkylation sites (N-methyl/N-ethyl adjacent to an activating group) is 1. The second-order valence-electron chi connectivity index (χ2n) is 6.55.